The quantitative estimate of drug-likeness (QED) is 0.565. The van der Waals surface area contributed by atoms with Crippen LogP contribution in [0.15, 0.2) is 42.5 Å². The molecule has 0 saturated heterocycles. The van der Waals surface area contributed by atoms with Gasteiger partial charge in [0.2, 0.25) is 0 Å². The number of ether oxygens (including phenoxy) is 2. The fourth-order valence-electron chi connectivity index (χ4n) is 2.13. The second-order valence-electron chi connectivity index (χ2n) is 5.46. The largest absolute Gasteiger partial charge is 0.490 e. The Morgan fingerprint density at radius 1 is 1.12 bits per heavy atom. The van der Waals surface area contributed by atoms with E-state index in [1.54, 1.807) is 37.3 Å². The molecule has 0 heterocycles. The third-order valence-corrected chi connectivity index (χ3v) is 3.70. The van der Waals surface area contributed by atoms with E-state index < -0.39 is 5.97 Å². The molecule has 2 aromatic rings. The monoisotopic (exact) mass is 376 g/mol. The van der Waals surface area contributed by atoms with Gasteiger partial charge in [-0.1, -0.05) is 17.7 Å². The van der Waals surface area contributed by atoms with Crippen LogP contribution in [0.5, 0.6) is 5.75 Å². The van der Waals surface area contributed by atoms with Crippen LogP contribution in [0, 0.1) is 6.92 Å². The highest BCUT2D eigenvalue weighted by atomic mass is 35.5. The highest BCUT2D eigenvalue weighted by Crippen LogP contribution is 2.24. The van der Waals surface area contributed by atoms with Crippen molar-refractivity contribution in [2.75, 3.05) is 25.1 Å². The van der Waals surface area contributed by atoms with Crippen LogP contribution in [0.3, 0.4) is 0 Å². The smallest absolute Gasteiger partial charge is 0.338 e. The molecular formula is C19H21ClN2O4. The lowest BCUT2D eigenvalue weighted by atomic mass is 10.2. The van der Waals surface area contributed by atoms with Gasteiger partial charge in [0.1, 0.15) is 12.4 Å². The minimum atomic E-state index is -0.393. The number of rotatable bonds is 7. The number of hydrogen-bond acceptors (Lipinski definition) is 4. The lowest BCUT2D eigenvalue weighted by Gasteiger charge is -2.11. The topological polar surface area (TPSA) is 76.7 Å². The van der Waals surface area contributed by atoms with Crippen LogP contribution in [-0.4, -0.2) is 31.8 Å². The predicted octanol–water partition coefficient (Wildman–Crippen LogP) is 4.03. The van der Waals surface area contributed by atoms with Crippen molar-refractivity contribution >= 4 is 29.3 Å². The normalized spacial score (nSPS) is 10.1. The standard InChI is InChI=1S/C19H21ClN2O4/c1-3-25-18(23)14-5-7-15(8-6-14)22-19(24)21-10-11-26-17-12-13(2)4-9-16(17)20/h4-9,12H,3,10-11H2,1-2H3,(H2,21,22,24). The first-order valence-corrected chi connectivity index (χ1v) is 8.58. The van der Waals surface area contributed by atoms with Crippen LogP contribution < -0.4 is 15.4 Å². The summed E-state index contributed by atoms with van der Waals surface area (Å²) in [5.41, 5.74) is 2.04. The van der Waals surface area contributed by atoms with Gasteiger partial charge in [-0.2, -0.15) is 0 Å². The summed E-state index contributed by atoms with van der Waals surface area (Å²) in [4.78, 5) is 23.4. The summed E-state index contributed by atoms with van der Waals surface area (Å²) in [5.74, 6) is 0.193. The van der Waals surface area contributed by atoms with Gasteiger partial charge in [-0.25, -0.2) is 9.59 Å². The molecule has 0 aliphatic rings. The van der Waals surface area contributed by atoms with Gasteiger partial charge in [0.25, 0.3) is 0 Å². The molecule has 0 bridgehead atoms. The maximum absolute atomic E-state index is 11.9. The minimum absolute atomic E-state index is 0.290. The predicted molar refractivity (Wildman–Crippen MR) is 101 cm³/mol. The molecule has 138 valence electrons. The first kappa shape index (κ1) is 19.6. The van der Waals surface area contributed by atoms with Gasteiger partial charge in [-0.3, -0.25) is 0 Å². The van der Waals surface area contributed by atoms with Crippen LogP contribution in [-0.2, 0) is 4.74 Å². The first-order chi connectivity index (χ1) is 12.5. The second-order valence-corrected chi connectivity index (χ2v) is 5.87. The molecule has 2 amide bonds. The van der Waals surface area contributed by atoms with E-state index in [4.69, 9.17) is 21.1 Å². The van der Waals surface area contributed by atoms with Crippen molar-refractivity contribution in [3.05, 3.63) is 58.6 Å². The summed E-state index contributed by atoms with van der Waals surface area (Å²) < 4.78 is 10.5. The van der Waals surface area contributed by atoms with E-state index >= 15 is 0 Å². The average Bonchev–Trinajstić information content (AvgIpc) is 2.62. The van der Waals surface area contributed by atoms with Crippen LogP contribution in [0.25, 0.3) is 0 Å². The van der Waals surface area contributed by atoms with Gasteiger partial charge in [0.15, 0.2) is 0 Å². The highest BCUT2D eigenvalue weighted by molar-refractivity contribution is 6.32. The summed E-state index contributed by atoms with van der Waals surface area (Å²) in [6.07, 6.45) is 0. The Morgan fingerprint density at radius 2 is 1.85 bits per heavy atom. The lowest BCUT2D eigenvalue weighted by Crippen LogP contribution is -2.32. The Labute approximate surface area is 157 Å². The number of halogens is 1. The zero-order valence-electron chi connectivity index (χ0n) is 14.7. The van der Waals surface area contributed by atoms with Crippen LogP contribution >= 0.6 is 11.6 Å². The van der Waals surface area contributed by atoms with Crippen molar-refractivity contribution in [2.45, 2.75) is 13.8 Å². The molecule has 0 aliphatic heterocycles. The third kappa shape index (κ3) is 5.97. The summed E-state index contributed by atoms with van der Waals surface area (Å²) >= 11 is 6.04. The lowest BCUT2D eigenvalue weighted by molar-refractivity contribution is 0.0526. The number of esters is 1. The molecule has 7 heteroatoms. The van der Waals surface area contributed by atoms with Crippen molar-refractivity contribution in [3.63, 3.8) is 0 Å². The summed E-state index contributed by atoms with van der Waals surface area (Å²) in [7, 11) is 0. The first-order valence-electron chi connectivity index (χ1n) is 8.20. The van der Waals surface area contributed by atoms with Crippen molar-refractivity contribution in [1.82, 2.24) is 5.32 Å². The van der Waals surface area contributed by atoms with Gasteiger partial charge < -0.3 is 20.1 Å². The fourth-order valence-corrected chi connectivity index (χ4v) is 2.30. The molecule has 26 heavy (non-hydrogen) atoms. The van der Waals surface area contributed by atoms with Gasteiger partial charge in [-0.05, 0) is 55.8 Å². The fraction of sp³-hybridized carbons (Fsp3) is 0.263. The molecule has 2 rings (SSSR count). The molecule has 0 atom stereocenters. The Kier molecular flexibility index (Phi) is 7.29. The molecule has 0 saturated carbocycles. The summed E-state index contributed by atoms with van der Waals surface area (Å²) in [6.45, 7) is 4.61. The number of nitrogens with one attached hydrogen (secondary N) is 2. The average molecular weight is 377 g/mol. The van der Waals surface area contributed by atoms with E-state index in [-0.39, 0.29) is 6.03 Å². The maximum atomic E-state index is 11.9. The number of anilines is 1. The highest BCUT2D eigenvalue weighted by Gasteiger charge is 2.07. The SMILES string of the molecule is CCOC(=O)c1ccc(NC(=O)NCCOc2cc(C)ccc2Cl)cc1. The van der Waals surface area contributed by atoms with Crippen LogP contribution in [0.2, 0.25) is 5.02 Å². The Balaban J connectivity index is 1.75. The van der Waals surface area contributed by atoms with Gasteiger partial charge in [0.05, 0.1) is 23.7 Å². The van der Waals surface area contributed by atoms with Crippen LogP contribution in [0.1, 0.15) is 22.8 Å². The van der Waals surface area contributed by atoms with E-state index in [2.05, 4.69) is 10.6 Å². The zero-order chi connectivity index (χ0) is 18.9. The Bertz CT molecular complexity index is 763. The number of carbonyl (C=O) groups excluding carboxylic acids is 2. The van der Waals surface area contributed by atoms with Crippen molar-refractivity contribution in [2.24, 2.45) is 0 Å². The molecule has 6 nitrogen and oxygen atoms in total. The van der Waals surface area contributed by atoms with Crippen molar-refractivity contribution in [3.8, 4) is 5.75 Å². The Hall–Kier alpha value is -2.73. The number of urea groups is 1. The molecule has 0 aliphatic carbocycles. The number of aryl methyl sites for hydroxylation is 1. The van der Waals surface area contributed by atoms with E-state index in [9.17, 15) is 9.59 Å². The number of carbonyl (C=O) groups is 2. The van der Waals surface area contributed by atoms with E-state index in [1.807, 2.05) is 19.1 Å². The van der Waals surface area contributed by atoms with E-state index in [0.717, 1.165) is 5.56 Å². The van der Waals surface area contributed by atoms with Crippen LogP contribution in [0.4, 0.5) is 10.5 Å². The zero-order valence-corrected chi connectivity index (χ0v) is 15.4. The van der Waals surface area contributed by atoms with Crippen molar-refractivity contribution < 1.29 is 19.1 Å². The number of hydrogen-bond donors (Lipinski definition) is 2. The number of benzene rings is 2. The Morgan fingerprint density at radius 3 is 2.54 bits per heavy atom. The molecule has 2 aromatic carbocycles. The van der Waals surface area contributed by atoms with Gasteiger partial charge in [0, 0.05) is 5.69 Å². The van der Waals surface area contributed by atoms with Gasteiger partial charge in [-0.15, -0.1) is 0 Å². The summed E-state index contributed by atoms with van der Waals surface area (Å²) in [5, 5.41) is 5.89. The molecule has 0 spiro atoms. The minimum Gasteiger partial charge on any atom is -0.490 e. The molecule has 0 radical (unpaired) electrons. The molecule has 0 aromatic heterocycles. The third-order valence-electron chi connectivity index (χ3n) is 3.39. The molecular weight excluding hydrogens is 356 g/mol. The van der Waals surface area contributed by atoms with E-state index in [0.29, 0.717) is 41.8 Å². The number of amides is 2. The van der Waals surface area contributed by atoms with Gasteiger partial charge >= 0.3 is 12.0 Å². The maximum Gasteiger partial charge on any atom is 0.338 e. The van der Waals surface area contributed by atoms with E-state index in [1.165, 1.54) is 0 Å². The molecule has 2 N–H and O–H groups in total. The van der Waals surface area contributed by atoms with Crippen molar-refractivity contribution in [1.29, 1.82) is 0 Å². The summed E-state index contributed by atoms with van der Waals surface area (Å²) in [6, 6.07) is 11.6. The molecule has 0 unspecified atom stereocenters. The second kappa shape index (κ2) is 9.68. The molecule has 0 fully saturated rings.